The first kappa shape index (κ1) is 10.1. The molecule has 76 valence electrons. The molecular formula is C11H11N3S. The van der Waals surface area contributed by atoms with Crippen molar-refractivity contribution in [3.63, 3.8) is 0 Å². The summed E-state index contributed by atoms with van der Waals surface area (Å²) in [6, 6.07) is 6.23. The topological polar surface area (TPSA) is 38.7 Å². The van der Waals surface area contributed by atoms with Crippen molar-refractivity contribution in [3.05, 3.63) is 42.0 Å². The number of aryl methyl sites for hydroxylation is 1. The van der Waals surface area contributed by atoms with E-state index in [0.717, 1.165) is 5.16 Å². The van der Waals surface area contributed by atoms with Crippen LogP contribution in [-0.2, 0) is 0 Å². The van der Waals surface area contributed by atoms with Gasteiger partial charge in [-0.2, -0.15) is 0 Å². The lowest BCUT2D eigenvalue weighted by atomic mass is 10.1. The van der Waals surface area contributed by atoms with E-state index in [9.17, 15) is 0 Å². The zero-order chi connectivity index (χ0) is 10.7. The molecule has 0 aliphatic heterocycles. The average molecular weight is 217 g/mol. The minimum Gasteiger partial charge on any atom is -0.225 e. The van der Waals surface area contributed by atoms with Crippen molar-refractivity contribution in [3.8, 4) is 0 Å². The standard InChI is InChI=1S/C11H11N3S/c1-8-4-3-5-10(9(8)2)15-11-13-6-12-7-14-11/h3-7H,1-2H3. The summed E-state index contributed by atoms with van der Waals surface area (Å²) >= 11 is 1.57. The van der Waals surface area contributed by atoms with Crippen LogP contribution < -0.4 is 0 Å². The molecule has 0 N–H and O–H groups in total. The minimum atomic E-state index is 0.735. The molecule has 0 saturated carbocycles. The fraction of sp³-hybridized carbons (Fsp3) is 0.182. The summed E-state index contributed by atoms with van der Waals surface area (Å²) in [5.74, 6) is 0. The van der Waals surface area contributed by atoms with Gasteiger partial charge in [0.1, 0.15) is 12.7 Å². The molecule has 2 rings (SSSR count). The zero-order valence-electron chi connectivity index (χ0n) is 8.64. The van der Waals surface area contributed by atoms with Gasteiger partial charge in [0, 0.05) is 4.90 Å². The molecule has 1 aromatic carbocycles. The van der Waals surface area contributed by atoms with E-state index in [0.29, 0.717) is 0 Å². The Hall–Kier alpha value is -1.42. The second-order valence-corrected chi connectivity index (χ2v) is 4.23. The molecular weight excluding hydrogens is 206 g/mol. The summed E-state index contributed by atoms with van der Waals surface area (Å²) < 4.78 is 0. The summed E-state index contributed by atoms with van der Waals surface area (Å²) in [5.41, 5.74) is 2.57. The smallest absolute Gasteiger partial charge is 0.195 e. The fourth-order valence-corrected chi connectivity index (χ4v) is 2.07. The summed E-state index contributed by atoms with van der Waals surface area (Å²) in [4.78, 5) is 13.2. The normalized spacial score (nSPS) is 10.3. The van der Waals surface area contributed by atoms with E-state index < -0.39 is 0 Å². The van der Waals surface area contributed by atoms with Gasteiger partial charge in [-0.05, 0) is 42.8 Å². The molecule has 0 amide bonds. The van der Waals surface area contributed by atoms with Crippen LogP contribution in [0.2, 0.25) is 0 Å². The maximum absolute atomic E-state index is 4.09. The Labute approximate surface area is 93.0 Å². The molecule has 1 aromatic heterocycles. The summed E-state index contributed by atoms with van der Waals surface area (Å²) in [6.45, 7) is 4.21. The Morgan fingerprint density at radius 2 is 1.80 bits per heavy atom. The van der Waals surface area contributed by atoms with Crippen LogP contribution >= 0.6 is 11.8 Å². The van der Waals surface area contributed by atoms with Crippen molar-refractivity contribution < 1.29 is 0 Å². The third-order valence-corrected chi connectivity index (χ3v) is 3.28. The van der Waals surface area contributed by atoms with Crippen LogP contribution in [0.4, 0.5) is 0 Å². The molecule has 2 aromatic rings. The van der Waals surface area contributed by atoms with E-state index in [4.69, 9.17) is 0 Å². The second-order valence-electron chi connectivity index (χ2n) is 3.22. The molecule has 0 bridgehead atoms. The van der Waals surface area contributed by atoms with Gasteiger partial charge >= 0.3 is 0 Å². The van der Waals surface area contributed by atoms with Crippen LogP contribution in [0.25, 0.3) is 0 Å². The third-order valence-electron chi connectivity index (χ3n) is 2.23. The van der Waals surface area contributed by atoms with Crippen molar-refractivity contribution in [2.75, 3.05) is 0 Å². The Morgan fingerprint density at radius 3 is 2.53 bits per heavy atom. The Kier molecular flexibility index (Phi) is 2.97. The Bertz CT molecular complexity index is 457. The lowest BCUT2D eigenvalue weighted by molar-refractivity contribution is 0.901. The number of hydrogen-bond donors (Lipinski definition) is 0. The van der Waals surface area contributed by atoms with Crippen molar-refractivity contribution >= 4 is 11.8 Å². The van der Waals surface area contributed by atoms with Gasteiger partial charge in [0.15, 0.2) is 5.16 Å². The molecule has 0 saturated heterocycles. The van der Waals surface area contributed by atoms with Crippen LogP contribution in [0.3, 0.4) is 0 Å². The van der Waals surface area contributed by atoms with Crippen LogP contribution in [0.1, 0.15) is 11.1 Å². The minimum absolute atomic E-state index is 0.735. The maximum atomic E-state index is 4.09. The van der Waals surface area contributed by atoms with E-state index in [1.807, 2.05) is 6.07 Å². The van der Waals surface area contributed by atoms with Gasteiger partial charge in [0.25, 0.3) is 0 Å². The average Bonchev–Trinajstić information content (AvgIpc) is 2.26. The molecule has 0 aliphatic carbocycles. The van der Waals surface area contributed by atoms with Crippen molar-refractivity contribution in [2.45, 2.75) is 23.9 Å². The number of hydrogen-bond acceptors (Lipinski definition) is 4. The van der Waals surface area contributed by atoms with Gasteiger partial charge in [-0.3, -0.25) is 0 Å². The maximum Gasteiger partial charge on any atom is 0.195 e. The fourth-order valence-electron chi connectivity index (χ4n) is 1.21. The first-order valence-corrected chi connectivity index (χ1v) is 5.45. The van der Waals surface area contributed by atoms with E-state index in [-0.39, 0.29) is 0 Å². The lowest BCUT2D eigenvalue weighted by Gasteiger charge is -2.05. The highest BCUT2D eigenvalue weighted by atomic mass is 32.2. The predicted octanol–water partition coefficient (Wildman–Crippen LogP) is 2.64. The Morgan fingerprint density at radius 1 is 1.07 bits per heavy atom. The molecule has 0 spiro atoms. The lowest BCUT2D eigenvalue weighted by Crippen LogP contribution is -1.89. The number of benzene rings is 1. The second kappa shape index (κ2) is 4.40. The molecule has 1 heterocycles. The highest BCUT2D eigenvalue weighted by molar-refractivity contribution is 7.99. The molecule has 0 radical (unpaired) electrons. The number of rotatable bonds is 2. The molecule has 0 aliphatic rings. The molecule has 0 unspecified atom stereocenters. The van der Waals surface area contributed by atoms with Gasteiger partial charge in [0.2, 0.25) is 0 Å². The summed E-state index contributed by atoms with van der Waals surface area (Å²) in [6.07, 6.45) is 3.03. The molecule has 15 heavy (non-hydrogen) atoms. The van der Waals surface area contributed by atoms with Crippen LogP contribution in [0, 0.1) is 13.8 Å². The monoisotopic (exact) mass is 217 g/mol. The summed E-state index contributed by atoms with van der Waals surface area (Å²) in [5, 5.41) is 0.735. The van der Waals surface area contributed by atoms with E-state index in [2.05, 4.69) is 40.9 Å². The van der Waals surface area contributed by atoms with Gasteiger partial charge in [0.05, 0.1) is 0 Å². The summed E-state index contributed by atoms with van der Waals surface area (Å²) in [7, 11) is 0. The highest BCUT2D eigenvalue weighted by Gasteiger charge is 2.04. The van der Waals surface area contributed by atoms with Gasteiger partial charge in [-0.15, -0.1) is 0 Å². The van der Waals surface area contributed by atoms with E-state index in [1.54, 1.807) is 11.8 Å². The predicted molar refractivity (Wildman–Crippen MR) is 59.9 cm³/mol. The Balaban J connectivity index is 2.29. The molecule has 4 heteroatoms. The van der Waals surface area contributed by atoms with Gasteiger partial charge in [-0.25, -0.2) is 15.0 Å². The van der Waals surface area contributed by atoms with Gasteiger partial charge in [-0.1, -0.05) is 12.1 Å². The largest absolute Gasteiger partial charge is 0.225 e. The zero-order valence-corrected chi connectivity index (χ0v) is 9.45. The van der Waals surface area contributed by atoms with E-state index >= 15 is 0 Å². The van der Waals surface area contributed by atoms with Crippen molar-refractivity contribution in [1.29, 1.82) is 0 Å². The first-order valence-electron chi connectivity index (χ1n) is 4.63. The number of nitrogens with zero attached hydrogens (tertiary/aromatic N) is 3. The van der Waals surface area contributed by atoms with Crippen LogP contribution in [0.5, 0.6) is 0 Å². The quantitative estimate of drug-likeness (QED) is 0.775. The van der Waals surface area contributed by atoms with Crippen LogP contribution in [0.15, 0.2) is 40.9 Å². The number of aromatic nitrogens is 3. The third kappa shape index (κ3) is 2.33. The first-order chi connectivity index (χ1) is 7.27. The highest BCUT2D eigenvalue weighted by Crippen LogP contribution is 2.28. The SMILES string of the molecule is Cc1cccc(Sc2ncncn2)c1C. The van der Waals surface area contributed by atoms with Crippen molar-refractivity contribution in [1.82, 2.24) is 15.0 Å². The molecule has 0 fully saturated rings. The van der Waals surface area contributed by atoms with E-state index in [1.165, 1.54) is 28.7 Å². The van der Waals surface area contributed by atoms with Crippen LogP contribution in [-0.4, -0.2) is 15.0 Å². The van der Waals surface area contributed by atoms with Gasteiger partial charge < -0.3 is 0 Å². The van der Waals surface area contributed by atoms with Crippen molar-refractivity contribution in [2.24, 2.45) is 0 Å². The molecule has 0 atom stereocenters. The molecule has 3 nitrogen and oxygen atoms in total.